The van der Waals surface area contributed by atoms with Crippen LogP contribution in [-0.2, 0) is 0 Å². The van der Waals surface area contributed by atoms with Crippen molar-refractivity contribution in [1.82, 2.24) is 0 Å². The lowest BCUT2D eigenvalue weighted by Gasteiger charge is -1.88. The first kappa shape index (κ1) is 4.76. The van der Waals surface area contributed by atoms with Gasteiger partial charge in [0.2, 0.25) is 0 Å². The highest BCUT2D eigenvalue weighted by molar-refractivity contribution is 5.19. The summed E-state index contributed by atoms with van der Waals surface area (Å²) in [6.07, 6.45) is 6.32. The predicted molar refractivity (Wildman–Crippen MR) is 37.0 cm³/mol. The van der Waals surface area contributed by atoms with Gasteiger partial charge in [-0.05, 0) is 48.9 Å². The van der Waals surface area contributed by atoms with Crippen molar-refractivity contribution in [3.05, 3.63) is 0 Å². The van der Waals surface area contributed by atoms with E-state index in [0.717, 1.165) is 11.3 Å². The lowest BCUT2D eigenvalue weighted by atomic mass is 10.2. The highest BCUT2D eigenvalue weighted by Crippen LogP contribution is 2.78. The van der Waals surface area contributed by atoms with E-state index >= 15 is 0 Å². The lowest BCUT2D eigenvalue weighted by molar-refractivity contribution is 0.594. The van der Waals surface area contributed by atoms with Gasteiger partial charge in [0.15, 0.2) is 0 Å². The lowest BCUT2D eigenvalue weighted by Crippen LogP contribution is -1.83. The van der Waals surface area contributed by atoms with Crippen LogP contribution in [0.3, 0.4) is 0 Å². The van der Waals surface area contributed by atoms with Crippen molar-refractivity contribution in [2.75, 3.05) is 0 Å². The van der Waals surface area contributed by atoms with Crippen LogP contribution >= 0.6 is 0 Å². The van der Waals surface area contributed by atoms with Crippen LogP contribution in [0, 0.1) is 23.2 Å². The minimum absolute atomic E-state index is 0.959. The maximum Gasteiger partial charge on any atom is -0.0235 e. The smallest absolute Gasteiger partial charge is 0.0235 e. The summed E-state index contributed by atoms with van der Waals surface area (Å²) in [7, 11) is 0. The molecular weight excluding hydrogens is 108 g/mol. The molecule has 0 amide bonds. The van der Waals surface area contributed by atoms with Gasteiger partial charge in [-0.1, -0.05) is 6.92 Å². The summed E-state index contributed by atoms with van der Waals surface area (Å²) in [4.78, 5) is 0. The Labute approximate surface area is 56.6 Å². The van der Waals surface area contributed by atoms with Gasteiger partial charge in [0.05, 0.1) is 0 Å². The molecule has 0 N–H and O–H groups in total. The molecule has 0 aliphatic heterocycles. The Morgan fingerprint density at radius 2 is 1.89 bits per heavy atom. The fraction of sp³-hybridized carbons (Fsp3) is 1.00. The Morgan fingerprint density at radius 3 is 2.22 bits per heavy atom. The molecule has 3 fully saturated rings. The van der Waals surface area contributed by atoms with Crippen LogP contribution in [0.25, 0.3) is 0 Å². The highest BCUT2D eigenvalue weighted by atomic mass is 14.8. The molecule has 0 aromatic heterocycles. The van der Waals surface area contributed by atoms with Crippen LogP contribution in [0.15, 0.2) is 0 Å². The van der Waals surface area contributed by atoms with E-state index in [-0.39, 0.29) is 0 Å². The van der Waals surface area contributed by atoms with Crippen LogP contribution in [0.1, 0.15) is 32.6 Å². The van der Waals surface area contributed by atoms with E-state index in [2.05, 4.69) is 6.92 Å². The van der Waals surface area contributed by atoms with Crippen molar-refractivity contribution in [3.63, 3.8) is 0 Å². The van der Waals surface area contributed by atoms with Gasteiger partial charge in [-0.25, -0.2) is 0 Å². The molecule has 0 heterocycles. The number of hydrogen-bond donors (Lipinski definition) is 0. The molecule has 3 aliphatic rings. The SMILES string of the molecule is CC1CC12CC2C1CC1. The van der Waals surface area contributed by atoms with Crippen LogP contribution in [0.2, 0.25) is 0 Å². The number of hydrogen-bond acceptors (Lipinski definition) is 0. The average Bonchev–Trinajstić information content (AvgIpc) is 2.62. The van der Waals surface area contributed by atoms with Gasteiger partial charge in [0.1, 0.15) is 0 Å². The highest BCUT2D eigenvalue weighted by Gasteiger charge is 2.70. The first-order chi connectivity index (χ1) is 4.33. The summed E-state index contributed by atoms with van der Waals surface area (Å²) < 4.78 is 0. The van der Waals surface area contributed by atoms with Gasteiger partial charge in [0.25, 0.3) is 0 Å². The van der Waals surface area contributed by atoms with Gasteiger partial charge in [-0.3, -0.25) is 0 Å². The van der Waals surface area contributed by atoms with E-state index in [1.807, 2.05) is 0 Å². The summed E-state index contributed by atoms with van der Waals surface area (Å²) in [6, 6.07) is 0. The molecule has 9 heavy (non-hydrogen) atoms. The molecule has 0 saturated heterocycles. The monoisotopic (exact) mass is 122 g/mol. The third-order valence-corrected chi connectivity index (χ3v) is 3.88. The van der Waals surface area contributed by atoms with E-state index in [1.165, 1.54) is 11.8 Å². The quantitative estimate of drug-likeness (QED) is 0.501. The summed E-state index contributed by atoms with van der Waals surface area (Å²) in [5.41, 5.74) is 0.959. The van der Waals surface area contributed by atoms with Crippen molar-refractivity contribution < 1.29 is 0 Å². The first-order valence-electron chi connectivity index (χ1n) is 4.33. The third-order valence-electron chi connectivity index (χ3n) is 3.88. The van der Waals surface area contributed by atoms with Gasteiger partial charge >= 0.3 is 0 Å². The molecule has 50 valence electrons. The van der Waals surface area contributed by atoms with Crippen molar-refractivity contribution in [3.8, 4) is 0 Å². The molecule has 3 aliphatic carbocycles. The van der Waals surface area contributed by atoms with Crippen LogP contribution in [0.4, 0.5) is 0 Å². The summed E-state index contributed by atoms with van der Waals surface area (Å²) >= 11 is 0. The Morgan fingerprint density at radius 1 is 1.22 bits per heavy atom. The van der Waals surface area contributed by atoms with E-state index in [4.69, 9.17) is 0 Å². The topological polar surface area (TPSA) is 0 Å². The molecule has 0 aromatic rings. The van der Waals surface area contributed by atoms with E-state index in [1.54, 1.807) is 25.7 Å². The van der Waals surface area contributed by atoms with Gasteiger partial charge in [-0.2, -0.15) is 0 Å². The molecule has 3 unspecified atom stereocenters. The standard InChI is InChI=1S/C9H14/c1-6-4-9(6)5-8(9)7-2-3-7/h6-8H,2-5H2,1H3. The molecule has 0 radical (unpaired) electrons. The molecule has 3 rings (SSSR count). The van der Waals surface area contributed by atoms with E-state index < -0.39 is 0 Å². The van der Waals surface area contributed by atoms with Crippen molar-refractivity contribution >= 4 is 0 Å². The molecule has 0 bridgehead atoms. The largest absolute Gasteiger partial charge is 0.0619 e. The third kappa shape index (κ3) is 0.461. The minimum atomic E-state index is 0.959. The number of rotatable bonds is 1. The van der Waals surface area contributed by atoms with Crippen molar-refractivity contribution in [2.45, 2.75) is 32.6 Å². The Kier molecular flexibility index (Phi) is 0.574. The van der Waals surface area contributed by atoms with Crippen molar-refractivity contribution in [2.24, 2.45) is 23.2 Å². The summed E-state index contributed by atoms with van der Waals surface area (Å²) in [6.45, 7) is 2.43. The van der Waals surface area contributed by atoms with Crippen LogP contribution in [0.5, 0.6) is 0 Å². The molecule has 0 aromatic carbocycles. The molecular formula is C9H14. The average molecular weight is 122 g/mol. The molecule has 3 saturated carbocycles. The Hall–Kier alpha value is 0. The van der Waals surface area contributed by atoms with Crippen LogP contribution < -0.4 is 0 Å². The zero-order valence-electron chi connectivity index (χ0n) is 6.06. The van der Waals surface area contributed by atoms with E-state index in [0.29, 0.717) is 0 Å². The first-order valence-corrected chi connectivity index (χ1v) is 4.33. The van der Waals surface area contributed by atoms with Gasteiger partial charge < -0.3 is 0 Å². The molecule has 1 spiro atoms. The second kappa shape index (κ2) is 1.09. The second-order valence-corrected chi connectivity index (χ2v) is 4.49. The normalized spacial score (nSPS) is 62.3. The van der Waals surface area contributed by atoms with Crippen LogP contribution in [-0.4, -0.2) is 0 Å². The zero-order chi connectivity index (χ0) is 6.06. The summed E-state index contributed by atoms with van der Waals surface area (Å²) in [5.74, 6) is 3.53. The fourth-order valence-electron chi connectivity index (χ4n) is 2.80. The fourth-order valence-corrected chi connectivity index (χ4v) is 2.80. The van der Waals surface area contributed by atoms with E-state index in [9.17, 15) is 0 Å². The summed E-state index contributed by atoms with van der Waals surface area (Å²) in [5, 5.41) is 0. The Balaban J connectivity index is 1.75. The van der Waals surface area contributed by atoms with Gasteiger partial charge in [0, 0.05) is 0 Å². The minimum Gasteiger partial charge on any atom is -0.0619 e. The van der Waals surface area contributed by atoms with Gasteiger partial charge in [-0.15, -0.1) is 0 Å². The maximum absolute atomic E-state index is 2.43. The Bertz CT molecular complexity index is 157. The molecule has 0 nitrogen and oxygen atoms in total. The maximum atomic E-state index is 2.43. The zero-order valence-corrected chi connectivity index (χ0v) is 6.06. The molecule has 0 heteroatoms. The molecule has 3 atom stereocenters. The second-order valence-electron chi connectivity index (χ2n) is 4.49. The predicted octanol–water partition coefficient (Wildman–Crippen LogP) is 2.44. The van der Waals surface area contributed by atoms with Crippen molar-refractivity contribution in [1.29, 1.82) is 0 Å².